The molecule has 0 aliphatic heterocycles. The van der Waals surface area contributed by atoms with Gasteiger partial charge in [0.05, 0.1) is 16.8 Å². The van der Waals surface area contributed by atoms with Crippen molar-refractivity contribution in [3.8, 4) is 0 Å². The smallest absolute Gasteiger partial charge is 0.200 e. The van der Waals surface area contributed by atoms with Gasteiger partial charge in [-0.15, -0.1) is 0 Å². The first kappa shape index (κ1) is 13.5. The predicted octanol–water partition coefficient (Wildman–Crippen LogP) is 2.92. The molecule has 3 rings (SSSR count). The summed E-state index contributed by atoms with van der Waals surface area (Å²) in [5.41, 5.74) is 2.12. The zero-order valence-electron chi connectivity index (χ0n) is 12.0. The summed E-state index contributed by atoms with van der Waals surface area (Å²) in [5, 5.41) is 4.36. The molecular weight excluding hydrogens is 264 g/mol. The van der Waals surface area contributed by atoms with Crippen molar-refractivity contribution in [1.29, 1.82) is 0 Å². The van der Waals surface area contributed by atoms with Gasteiger partial charge in [0.25, 0.3) is 0 Å². The quantitative estimate of drug-likeness (QED) is 0.641. The first-order valence-corrected chi connectivity index (χ1v) is 7.01. The van der Waals surface area contributed by atoms with Crippen LogP contribution in [0.4, 0.5) is 0 Å². The van der Waals surface area contributed by atoms with Crippen LogP contribution >= 0.6 is 0 Å². The molecule has 4 nitrogen and oxygen atoms in total. The normalized spacial score (nSPS) is 17.3. The zero-order chi connectivity index (χ0) is 15.0. The van der Waals surface area contributed by atoms with Crippen molar-refractivity contribution in [2.45, 2.75) is 19.3 Å². The molecule has 0 bridgehead atoms. The summed E-state index contributed by atoms with van der Waals surface area (Å²) in [6.07, 6.45) is 4.28. The Morgan fingerprint density at radius 3 is 2.67 bits per heavy atom. The van der Waals surface area contributed by atoms with Crippen LogP contribution in [0.1, 0.15) is 45.7 Å². The van der Waals surface area contributed by atoms with Gasteiger partial charge in [0.2, 0.25) is 0 Å². The molecule has 0 radical (unpaired) electrons. The fourth-order valence-corrected chi connectivity index (χ4v) is 2.69. The third-order valence-corrected chi connectivity index (χ3v) is 3.79. The molecule has 1 unspecified atom stereocenters. The van der Waals surface area contributed by atoms with E-state index in [2.05, 4.69) is 5.10 Å². The summed E-state index contributed by atoms with van der Waals surface area (Å²) >= 11 is 0. The van der Waals surface area contributed by atoms with E-state index in [1.165, 1.54) is 0 Å². The average Bonchev–Trinajstić information content (AvgIpc) is 2.90. The van der Waals surface area contributed by atoms with Gasteiger partial charge >= 0.3 is 0 Å². The highest BCUT2D eigenvalue weighted by atomic mass is 16.1. The summed E-state index contributed by atoms with van der Waals surface area (Å²) in [4.78, 5) is 25.1. The number of ketones is 2. The minimum absolute atomic E-state index is 0.0153. The summed E-state index contributed by atoms with van der Waals surface area (Å²) < 4.78 is 1.63. The lowest BCUT2D eigenvalue weighted by Gasteiger charge is -2.17. The highest BCUT2D eigenvalue weighted by molar-refractivity contribution is 6.31. The molecule has 0 saturated carbocycles. The minimum atomic E-state index is -0.225. The molecule has 1 aromatic heterocycles. The van der Waals surface area contributed by atoms with Gasteiger partial charge in [0.15, 0.2) is 11.6 Å². The first-order valence-electron chi connectivity index (χ1n) is 7.01. The predicted molar refractivity (Wildman–Crippen MR) is 79.4 cm³/mol. The fraction of sp³-hybridized carbons (Fsp3) is 0.235. The zero-order valence-corrected chi connectivity index (χ0v) is 12.0. The third kappa shape index (κ3) is 2.23. The number of carbonyl (C=O) groups is 2. The summed E-state index contributed by atoms with van der Waals surface area (Å²) in [7, 11) is 1.79. The topological polar surface area (TPSA) is 52.0 Å². The van der Waals surface area contributed by atoms with E-state index in [-0.39, 0.29) is 23.1 Å². The lowest BCUT2D eigenvalue weighted by Crippen LogP contribution is -2.20. The van der Waals surface area contributed by atoms with Crippen LogP contribution in [-0.4, -0.2) is 21.3 Å². The van der Waals surface area contributed by atoms with Crippen LogP contribution in [0.15, 0.2) is 48.2 Å². The minimum Gasteiger partial charge on any atom is -0.288 e. The molecule has 1 aliphatic rings. The molecule has 0 fully saturated rings. The summed E-state index contributed by atoms with van der Waals surface area (Å²) in [6.45, 7) is 2.03. The molecule has 1 heterocycles. The van der Waals surface area contributed by atoms with E-state index < -0.39 is 0 Å². The Balaban J connectivity index is 2.05. The molecule has 21 heavy (non-hydrogen) atoms. The molecule has 0 saturated heterocycles. The molecule has 0 spiro atoms. The maximum Gasteiger partial charge on any atom is 0.200 e. The Morgan fingerprint density at radius 1 is 1.29 bits per heavy atom. The van der Waals surface area contributed by atoms with E-state index in [4.69, 9.17) is 0 Å². The van der Waals surface area contributed by atoms with E-state index in [1.807, 2.05) is 13.0 Å². The fourth-order valence-electron chi connectivity index (χ4n) is 2.69. The monoisotopic (exact) mass is 280 g/mol. The van der Waals surface area contributed by atoms with E-state index in [0.717, 1.165) is 12.1 Å². The second-order valence-electron chi connectivity index (χ2n) is 5.22. The number of allylic oxidation sites excluding steroid dienone is 2. The molecular formula is C17H16N2O2. The Hall–Kier alpha value is -2.49. The number of nitrogens with zero attached hydrogens (tertiary/aromatic N) is 2. The number of benzene rings is 1. The van der Waals surface area contributed by atoms with Gasteiger partial charge in [-0.25, -0.2) is 0 Å². The van der Waals surface area contributed by atoms with Crippen molar-refractivity contribution < 1.29 is 9.59 Å². The van der Waals surface area contributed by atoms with Crippen LogP contribution in [0.2, 0.25) is 0 Å². The molecule has 4 heteroatoms. The third-order valence-electron chi connectivity index (χ3n) is 3.79. The largest absolute Gasteiger partial charge is 0.288 e. The molecule has 106 valence electrons. The SMILES string of the molecule is CCC1C=C(C(=O)c2ccccc2)C(=O)c2cn(C)nc21. The van der Waals surface area contributed by atoms with E-state index in [9.17, 15) is 9.59 Å². The number of hydrogen-bond donors (Lipinski definition) is 0. The number of Topliss-reactive ketones (excluding diaryl/α,β-unsaturated/α-hetero) is 2. The Labute approximate surface area is 123 Å². The number of fused-ring (bicyclic) bond motifs is 1. The Kier molecular flexibility index (Phi) is 3.29. The molecule has 2 aromatic rings. The number of aromatic nitrogens is 2. The van der Waals surface area contributed by atoms with Gasteiger partial charge < -0.3 is 0 Å². The number of aryl methyl sites for hydroxylation is 1. The highest BCUT2D eigenvalue weighted by Gasteiger charge is 2.32. The van der Waals surface area contributed by atoms with Crippen molar-refractivity contribution in [3.05, 3.63) is 65.0 Å². The van der Waals surface area contributed by atoms with Gasteiger partial charge in [0.1, 0.15) is 0 Å². The van der Waals surface area contributed by atoms with Crippen LogP contribution in [0, 0.1) is 0 Å². The van der Waals surface area contributed by atoms with Crippen LogP contribution in [0.3, 0.4) is 0 Å². The average molecular weight is 280 g/mol. The van der Waals surface area contributed by atoms with E-state index in [1.54, 1.807) is 48.3 Å². The molecule has 0 N–H and O–H groups in total. The van der Waals surface area contributed by atoms with E-state index >= 15 is 0 Å². The van der Waals surface area contributed by atoms with Gasteiger partial charge in [-0.1, -0.05) is 43.3 Å². The van der Waals surface area contributed by atoms with Gasteiger partial charge in [-0.2, -0.15) is 5.10 Å². The summed E-state index contributed by atoms with van der Waals surface area (Å²) in [6, 6.07) is 8.91. The maximum atomic E-state index is 12.6. The van der Waals surface area contributed by atoms with Gasteiger partial charge in [0, 0.05) is 24.7 Å². The van der Waals surface area contributed by atoms with Crippen LogP contribution in [-0.2, 0) is 7.05 Å². The van der Waals surface area contributed by atoms with Crippen molar-refractivity contribution in [1.82, 2.24) is 9.78 Å². The highest BCUT2D eigenvalue weighted by Crippen LogP contribution is 2.32. The second-order valence-corrected chi connectivity index (χ2v) is 5.22. The lowest BCUT2D eigenvalue weighted by atomic mass is 9.84. The van der Waals surface area contributed by atoms with Gasteiger partial charge in [-0.05, 0) is 6.42 Å². The van der Waals surface area contributed by atoms with Crippen LogP contribution < -0.4 is 0 Å². The number of carbonyl (C=O) groups excluding carboxylic acids is 2. The molecule has 1 atom stereocenters. The van der Waals surface area contributed by atoms with Crippen molar-refractivity contribution in [2.24, 2.45) is 7.05 Å². The molecule has 1 aromatic carbocycles. The van der Waals surface area contributed by atoms with Crippen molar-refractivity contribution >= 4 is 11.6 Å². The standard InChI is InChI=1S/C17H16N2O2/c1-3-11-9-13(16(20)12-7-5-4-6-8-12)17(21)14-10-19(2)18-15(11)14/h4-11H,3H2,1-2H3. The summed E-state index contributed by atoms with van der Waals surface area (Å²) in [5.74, 6) is -0.424. The maximum absolute atomic E-state index is 12.6. The van der Waals surface area contributed by atoms with Crippen molar-refractivity contribution in [3.63, 3.8) is 0 Å². The van der Waals surface area contributed by atoms with Crippen LogP contribution in [0.5, 0.6) is 0 Å². The molecule has 1 aliphatic carbocycles. The first-order chi connectivity index (χ1) is 10.1. The second kappa shape index (κ2) is 5.13. The van der Waals surface area contributed by atoms with Crippen LogP contribution in [0.25, 0.3) is 0 Å². The number of hydrogen-bond acceptors (Lipinski definition) is 3. The Bertz CT molecular complexity index is 741. The Morgan fingerprint density at radius 2 is 2.00 bits per heavy atom. The lowest BCUT2D eigenvalue weighted by molar-refractivity contribution is 0.0958. The van der Waals surface area contributed by atoms with E-state index in [0.29, 0.717) is 11.1 Å². The van der Waals surface area contributed by atoms with Gasteiger partial charge in [-0.3, -0.25) is 14.3 Å². The van der Waals surface area contributed by atoms with Crippen molar-refractivity contribution in [2.75, 3.05) is 0 Å². The molecule has 0 amide bonds. The number of rotatable bonds is 3.